The molecule has 2 aromatic carbocycles. The number of hydrogen-bond acceptors (Lipinski definition) is 4. The van der Waals surface area contributed by atoms with E-state index in [9.17, 15) is 0 Å². The highest BCUT2D eigenvalue weighted by molar-refractivity contribution is 5.31. The van der Waals surface area contributed by atoms with E-state index >= 15 is 0 Å². The average molecular weight is 279 g/mol. The van der Waals surface area contributed by atoms with Crippen LogP contribution in [0.25, 0.3) is 0 Å². The Hall–Kier alpha value is -2.46. The quantitative estimate of drug-likeness (QED) is 0.753. The van der Waals surface area contributed by atoms with Crippen molar-refractivity contribution in [2.24, 2.45) is 0 Å². The van der Waals surface area contributed by atoms with Crippen LogP contribution >= 0.6 is 0 Å². The molecule has 0 radical (unpaired) electrons. The summed E-state index contributed by atoms with van der Waals surface area (Å²) >= 11 is 0. The van der Waals surface area contributed by atoms with Crippen LogP contribution in [-0.4, -0.2) is 16.7 Å². The first kappa shape index (κ1) is 13.5. The first-order valence-electron chi connectivity index (χ1n) is 7.02. The maximum atomic E-state index is 4.75. The van der Waals surface area contributed by atoms with E-state index in [1.807, 2.05) is 12.1 Å². The zero-order chi connectivity index (χ0) is 14.3. The molecule has 0 amide bonds. The Morgan fingerprint density at radius 1 is 0.905 bits per heavy atom. The molecule has 0 unspecified atom stereocenters. The van der Waals surface area contributed by atoms with Crippen molar-refractivity contribution in [1.82, 2.24) is 15.5 Å². The van der Waals surface area contributed by atoms with Crippen molar-refractivity contribution in [3.8, 4) is 0 Å². The summed E-state index contributed by atoms with van der Waals surface area (Å²) in [5.74, 6) is 0.724. The van der Waals surface area contributed by atoms with Gasteiger partial charge in [0.25, 0.3) is 0 Å². The smallest absolute Gasteiger partial charge is 0.213 e. The Bertz CT molecular complexity index is 599. The zero-order valence-electron chi connectivity index (χ0n) is 11.6. The van der Waals surface area contributed by atoms with Crippen LogP contribution in [0.1, 0.15) is 23.0 Å². The first-order chi connectivity index (χ1) is 10.4. The first-order valence-corrected chi connectivity index (χ1v) is 7.02. The molecule has 0 aliphatic rings. The summed E-state index contributed by atoms with van der Waals surface area (Å²) in [6.45, 7) is 0.786. The van der Waals surface area contributed by atoms with E-state index in [4.69, 9.17) is 4.52 Å². The molecule has 0 saturated heterocycles. The van der Waals surface area contributed by atoms with Gasteiger partial charge in [-0.2, -0.15) is 4.98 Å². The summed E-state index contributed by atoms with van der Waals surface area (Å²) in [6, 6.07) is 21.0. The Morgan fingerprint density at radius 3 is 2.05 bits per heavy atom. The van der Waals surface area contributed by atoms with Gasteiger partial charge in [0, 0.05) is 13.0 Å². The molecule has 0 aliphatic heterocycles. The predicted octanol–water partition coefficient (Wildman–Crippen LogP) is 2.99. The molecule has 1 heterocycles. The number of benzene rings is 2. The highest BCUT2D eigenvalue weighted by atomic mass is 16.5. The highest BCUT2D eigenvalue weighted by Gasteiger charge is 2.13. The topological polar surface area (TPSA) is 51.0 Å². The minimum Gasteiger partial charge on any atom is -0.343 e. The number of aromatic nitrogens is 2. The van der Waals surface area contributed by atoms with Gasteiger partial charge in [-0.05, 0) is 11.1 Å². The van der Waals surface area contributed by atoms with Crippen LogP contribution in [-0.2, 0) is 6.42 Å². The van der Waals surface area contributed by atoms with Crippen molar-refractivity contribution in [3.63, 3.8) is 0 Å². The van der Waals surface area contributed by atoms with E-state index < -0.39 is 0 Å². The highest BCUT2D eigenvalue weighted by Crippen LogP contribution is 2.21. The van der Waals surface area contributed by atoms with Gasteiger partial charge in [0.2, 0.25) is 6.39 Å². The minimum absolute atomic E-state index is 0.166. The van der Waals surface area contributed by atoms with Crippen molar-refractivity contribution < 1.29 is 4.52 Å². The third-order valence-electron chi connectivity index (χ3n) is 3.37. The maximum absolute atomic E-state index is 4.75. The van der Waals surface area contributed by atoms with Gasteiger partial charge in [0.15, 0.2) is 5.82 Å². The van der Waals surface area contributed by atoms with Crippen LogP contribution in [0.5, 0.6) is 0 Å². The molecule has 1 N–H and O–H groups in total. The fourth-order valence-electron chi connectivity index (χ4n) is 2.35. The van der Waals surface area contributed by atoms with Gasteiger partial charge in [-0.15, -0.1) is 0 Å². The predicted molar refractivity (Wildman–Crippen MR) is 80.7 cm³/mol. The van der Waals surface area contributed by atoms with E-state index in [1.165, 1.54) is 17.5 Å². The number of nitrogens with one attached hydrogen (secondary N) is 1. The number of rotatable bonds is 6. The molecule has 21 heavy (non-hydrogen) atoms. The Morgan fingerprint density at radius 2 is 1.52 bits per heavy atom. The van der Waals surface area contributed by atoms with Gasteiger partial charge in [-0.1, -0.05) is 65.8 Å². The van der Waals surface area contributed by atoms with Crippen LogP contribution in [0.2, 0.25) is 0 Å². The van der Waals surface area contributed by atoms with Gasteiger partial charge >= 0.3 is 0 Å². The molecule has 1 aromatic heterocycles. The Balaban J connectivity index is 1.73. The molecule has 0 atom stereocenters. The van der Waals surface area contributed by atoms with E-state index in [0.717, 1.165) is 18.8 Å². The summed E-state index contributed by atoms with van der Waals surface area (Å²) < 4.78 is 4.75. The van der Waals surface area contributed by atoms with Gasteiger partial charge in [0.1, 0.15) is 0 Å². The molecule has 3 aromatic rings. The molecule has 106 valence electrons. The zero-order valence-corrected chi connectivity index (χ0v) is 11.6. The van der Waals surface area contributed by atoms with Gasteiger partial charge in [-0.3, -0.25) is 0 Å². The fourth-order valence-corrected chi connectivity index (χ4v) is 2.35. The molecule has 0 aliphatic carbocycles. The third-order valence-corrected chi connectivity index (χ3v) is 3.37. The van der Waals surface area contributed by atoms with Crippen LogP contribution < -0.4 is 5.32 Å². The van der Waals surface area contributed by atoms with Crippen molar-refractivity contribution in [3.05, 3.63) is 84.0 Å². The SMILES string of the molecule is c1ccc(C(NCCc2ncon2)c2ccccc2)cc1. The number of hydrogen-bond donors (Lipinski definition) is 1. The van der Waals surface area contributed by atoms with Crippen molar-refractivity contribution in [2.75, 3.05) is 6.54 Å². The van der Waals surface area contributed by atoms with Crippen LogP contribution in [0, 0.1) is 0 Å². The molecule has 4 nitrogen and oxygen atoms in total. The second-order valence-corrected chi connectivity index (χ2v) is 4.81. The second kappa shape index (κ2) is 6.81. The normalized spacial score (nSPS) is 10.9. The lowest BCUT2D eigenvalue weighted by molar-refractivity contribution is 0.408. The van der Waals surface area contributed by atoms with E-state index in [-0.39, 0.29) is 6.04 Å². The summed E-state index contributed by atoms with van der Waals surface area (Å²) in [6.07, 6.45) is 2.11. The second-order valence-electron chi connectivity index (χ2n) is 4.81. The molecular weight excluding hydrogens is 262 g/mol. The lowest BCUT2D eigenvalue weighted by atomic mass is 9.99. The molecule has 0 bridgehead atoms. The van der Waals surface area contributed by atoms with Crippen molar-refractivity contribution >= 4 is 0 Å². The van der Waals surface area contributed by atoms with Gasteiger partial charge in [-0.25, -0.2) is 0 Å². The summed E-state index contributed by atoms with van der Waals surface area (Å²) in [5, 5.41) is 7.40. The number of nitrogens with zero attached hydrogens (tertiary/aromatic N) is 2. The average Bonchev–Trinajstić information content (AvgIpc) is 3.07. The van der Waals surface area contributed by atoms with Crippen LogP contribution in [0.15, 0.2) is 71.6 Å². The lowest BCUT2D eigenvalue weighted by Gasteiger charge is -2.19. The minimum atomic E-state index is 0.166. The van der Waals surface area contributed by atoms with Gasteiger partial charge in [0.05, 0.1) is 6.04 Å². The summed E-state index contributed by atoms with van der Waals surface area (Å²) in [7, 11) is 0. The molecule has 0 fully saturated rings. The van der Waals surface area contributed by atoms with Crippen LogP contribution in [0.4, 0.5) is 0 Å². The van der Waals surface area contributed by atoms with E-state index in [1.54, 1.807) is 0 Å². The standard InChI is InChI=1S/C17H17N3O/c1-3-7-14(8-4-1)17(15-9-5-2-6-10-15)18-12-11-16-19-13-21-20-16/h1-10,13,17-18H,11-12H2. The van der Waals surface area contributed by atoms with E-state index in [2.05, 4.69) is 64.0 Å². The molecule has 3 rings (SSSR count). The van der Waals surface area contributed by atoms with Gasteiger partial charge < -0.3 is 9.84 Å². The lowest BCUT2D eigenvalue weighted by Crippen LogP contribution is -2.25. The fraction of sp³-hybridized carbons (Fsp3) is 0.176. The van der Waals surface area contributed by atoms with Crippen molar-refractivity contribution in [1.29, 1.82) is 0 Å². The molecular formula is C17H17N3O. The summed E-state index contributed by atoms with van der Waals surface area (Å²) in [5.41, 5.74) is 2.49. The largest absolute Gasteiger partial charge is 0.343 e. The maximum Gasteiger partial charge on any atom is 0.213 e. The molecule has 0 saturated carbocycles. The molecule has 4 heteroatoms. The molecule has 0 spiro atoms. The third kappa shape index (κ3) is 3.55. The monoisotopic (exact) mass is 279 g/mol. The summed E-state index contributed by atoms with van der Waals surface area (Å²) in [4.78, 5) is 4.04. The Labute approximate surface area is 123 Å². The Kier molecular flexibility index (Phi) is 4.39. The van der Waals surface area contributed by atoms with Crippen LogP contribution in [0.3, 0.4) is 0 Å². The van der Waals surface area contributed by atoms with E-state index in [0.29, 0.717) is 0 Å². The van der Waals surface area contributed by atoms with Crippen molar-refractivity contribution in [2.45, 2.75) is 12.5 Å².